The van der Waals surface area contributed by atoms with Crippen molar-refractivity contribution in [3.05, 3.63) is 29.3 Å². The van der Waals surface area contributed by atoms with Crippen molar-refractivity contribution in [3.8, 4) is 11.8 Å². The summed E-state index contributed by atoms with van der Waals surface area (Å²) in [6.07, 6.45) is 1.85. The van der Waals surface area contributed by atoms with Gasteiger partial charge in [0.25, 0.3) is 0 Å². The molecule has 2 rings (SSSR count). The quantitative estimate of drug-likeness (QED) is 0.744. The molecule has 1 heterocycles. The van der Waals surface area contributed by atoms with E-state index in [9.17, 15) is 4.79 Å². The van der Waals surface area contributed by atoms with Crippen molar-refractivity contribution in [1.29, 1.82) is 5.26 Å². The Bertz CT molecular complexity index is 602. The van der Waals surface area contributed by atoms with Gasteiger partial charge in [-0.15, -0.1) is 11.8 Å². The third kappa shape index (κ3) is 2.38. The fraction of sp³-hybridized carbons (Fsp3) is 0.357. The van der Waals surface area contributed by atoms with Crippen LogP contribution in [0.1, 0.15) is 30.9 Å². The lowest BCUT2D eigenvalue weighted by Gasteiger charge is -2.36. The first-order valence-corrected chi connectivity index (χ1v) is 7.39. The number of rotatable bonds is 1. The molecule has 1 aliphatic rings. The summed E-state index contributed by atoms with van der Waals surface area (Å²) in [7, 11) is 0. The summed E-state index contributed by atoms with van der Waals surface area (Å²) in [5.74, 6) is 0.0801. The van der Waals surface area contributed by atoms with Crippen molar-refractivity contribution >= 4 is 34.0 Å². The van der Waals surface area contributed by atoms with Gasteiger partial charge in [-0.3, -0.25) is 4.79 Å². The number of thiocarbonyl (C=S) groups is 1. The van der Waals surface area contributed by atoms with Gasteiger partial charge in [-0.2, -0.15) is 5.26 Å². The van der Waals surface area contributed by atoms with Crippen LogP contribution >= 0.6 is 24.0 Å². The minimum atomic E-state index is -0.897. The van der Waals surface area contributed by atoms with E-state index in [-0.39, 0.29) is 5.78 Å². The number of thioether (sulfide) groups is 1. The largest absolute Gasteiger partial charge is 0.480 e. The van der Waals surface area contributed by atoms with E-state index >= 15 is 0 Å². The summed E-state index contributed by atoms with van der Waals surface area (Å²) in [5, 5.41) is 8.98. The minimum absolute atomic E-state index is 0.0607. The number of hydrogen-bond acceptors (Lipinski definition) is 5. The molecule has 0 aromatic heterocycles. The van der Waals surface area contributed by atoms with E-state index in [1.165, 1.54) is 11.8 Å². The van der Waals surface area contributed by atoms with Gasteiger partial charge in [0, 0.05) is 5.56 Å². The Morgan fingerprint density at radius 2 is 2.21 bits per heavy atom. The third-order valence-electron chi connectivity index (χ3n) is 3.11. The van der Waals surface area contributed by atoms with E-state index in [1.54, 1.807) is 32.0 Å². The Morgan fingerprint density at radius 3 is 2.79 bits per heavy atom. The Hall–Kier alpha value is -1.38. The molecule has 1 aliphatic heterocycles. The van der Waals surface area contributed by atoms with Crippen LogP contribution in [0.2, 0.25) is 0 Å². The molecule has 1 unspecified atom stereocenters. The molecule has 0 amide bonds. The molecule has 1 aromatic carbocycles. The van der Waals surface area contributed by atoms with Crippen LogP contribution in [0.5, 0.6) is 5.75 Å². The number of nitriles is 1. The SMILES string of the molecule is CSC(=S)C1C(=O)C(C)(C)Oc2ccc(C#N)cc21. The van der Waals surface area contributed by atoms with Crippen molar-refractivity contribution in [2.75, 3.05) is 6.26 Å². The molecule has 0 N–H and O–H groups in total. The molecule has 0 fully saturated rings. The van der Waals surface area contributed by atoms with Gasteiger partial charge in [-0.25, -0.2) is 0 Å². The van der Waals surface area contributed by atoms with Crippen molar-refractivity contribution in [2.24, 2.45) is 0 Å². The normalized spacial score (nSPS) is 20.1. The van der Waals surface area contributed by atoms with E-state index in [1.807, 2.05) is 6.26 Å². The van der Waals surface area contributed by atoms with Gasteiger partial charge in [0.1, 0.15) is 5.75 Å². The van der Waals surface area contributed by atoms with Crippen LogP contribution in [0.15, 0.2) is 18.2 Å². The molecule has 0 bridgehead atoms. The maximum Gasteiger partial charge on any atom is 0.189 e. The second-order valence-electron chi connectivity index (χ2n) is 4.80. The minimum Gasteiger partial charge on any atom is -0.480 e. The summed E-state index contributed by atoms with van der Waals surface area (Å²) >= 11 is 6.70. The van der Waals surface area contributed by atoms with Crippen LogP contribution in [-0.4, -0.2) is 21.8 Å². The highest BCUT2D eigenvalue weighted by molar-refractivity contribution is 8.22. The zero-order valence-electron chi connectivity index (χ0n) is 10.9. The summed E-state index contributed by atoms with van der Waals surface area (Å²) in [5.41, 5.74) is 0.303. The van der Waals surface area contributed by atoms with E-state index < -0.39 is 11.5 Å². The number of carbonyl (C=O) groups excluding carboxylic acids is 1. The van der Waals surface area contributed by atoms with Crippen molar-refractivity contribution < 1.29 is 9.53 Å². The van der Waals surface area contributed by atoms with Crippen molar-refractivity contribution in [3.63, 3.8) is 0 Å². The lowest BCUT2D eigenvalue weighted by molar-refractivity contribution is -0.133. The van der Waals surface area contributed by atoms with Crippen molar-refractivity contribution in [2.45, 2.75) is 25.4 Å². The molecule has 1 atom stereocenters. The number of ether oxygens (including phenoxy) is 1. The summed E-state index contributed by atoms with van der Waals surface area (Å²) < 4.78 is 6.34. The van der Waals surface area contributed by atoms with Gasteiger partial charge in [0.05, 0.1) is 21.7 Å². The lowest BCUT2D eigenvalue weighted by Crippen LogP contribution is -2.46. The highest BCUT2D eigenvalue weighted by Crippen LogP contribution is 2.41. The fourth-order valence-electron chi connectivity index (χ4n) is 2.10. The molecular weight excluding hydrogens is 278 g/mol. The Balaban J connectivity index is 2.63. The molecule has 0 saturated heterocycles. The number of nitrogens with zero attached hydrogens (tertiary/aromatic N) is 1. The summed E-state index contributed by atoms with van der Waals surface area (Å²) in [6.45, 7) is 3.48. The average Bonchev–Trinajstić information content (AvgIpc) is 2.38. The van der Waals surface area contributed by atoms with Crippen LogP contribution < -0.4 is 4.74 Å². The van der Waals surface area contributed by atoms with Crippen LogP contribution in [0.25, 0.3) is 0 Å². The number of Topliss-reactive ketones (excluding diaryl/α,β-unsaturated/α-hetero) is 1. The Labute approximate surface area is 121 Å². The molecule has 5 heteroatoms. The number of fused-ring (bicyclic) bond motifs is 1. The lowest BCUT2D eigenvalue weighted by atomic mass is 9.83. The standard InChI is InChI=1S/C14H13NO2S2/c1-14(2)12(16)11(13(18)19-3)9-6-8(7-15)4-5-10(9)17-14/h4-6,11H,1-3H3. The Morgan fingerprint density at radius 1 is 1.53 bits per heavy atom. The van der Waals surface area contributed by atoms with E-state index in [0.29, 0.717) is 21.1 Å². The van der Waals surface area contributed by atoms with Gasteiger partial charge >= 0.3 is 0 Å². The molecule has 0 saturated carbocycles. The first-order chi connectivity index (χ1) is 8.90. The third-order valence-corrected chi connectivity index (χ3v) is 4.48. The molecule has 0 spiro atoms. The molecule has 19 heavy (non-hydrogen) atoms. The molecule has 1 aromatic rings. The topological polar surface area (TPSA) is 50.1 Å². The number of ketones is 1. The van der Waals surface area contributed by atoms with E-state index in [0.717, 1.165) is 0 Å². The first kappa shape index (κ1) is 14.0. The molecule has 0 radical (unpaired) electrons. The first-order valence-electron chi connectivity index (χ1n) is 5.76. The number of benzene rings is 1. The highest BCUT2D eigenvalue weighted by Gasteiger charge is 2.44. The van der Waals surface area contributed by atoms with E-state index in [4.69, 9.17) is 22.2 Å². The van der Waals surface area contributed by atoms with Crippen molar-refractivity contribution in [1.82, 2.24) is 0 Å². The molecule has 3 nitrogen and oxygen atoms in total. The number of hydrogen-bond donors (Lipinski definition) is 0. The van der Waals surface area contributed by atoms with Crippen LogP contribution in [0, 0.1) is 11.3 Å². The maximum atomic E-state index is 12.5. The zero-order chi connectivity index (χ0) is 14.2. The molecular formula is C14H13NO2S2. The second-order valence-corrected chi connectivity index (χ2v) is 6.34. The summed E-state index contributed by atoms with van der Waals surface area (Å²) in [6, 6.07) is 7.18. The van der Waals surface area contributed by atoms with Crippen LogP contribution in [0.3, 0.4) is 0 Å². The van der Waals surface area contributed by atoms with Gasteiger partial charge in [-0.1, -0.05) is 12.2 Å². The van der Waals surface area contributed by atoms with Crippen LogP contribution in [0.4, 0.5) is 0 Å². The Kier molecular flexibility index (Phi) is 3.66. The maximum absolute atomic E-state index is 12.5. The predicted molar refractivity (Wildman–Crippen MR) is 79.7 cm³/mol. The predicted octanol–water partition coefficient (Wildman–Crippen LogP) is 3.07. The fourth-order valence-corrected chi connectivity index (χ4v) is 2.81. The van der Waals surface area contributed by atoms with Gasteiger partial charge < -0.3 is 4.74 Å². The smallest absolute Gasteiger partial charge is 0.189 e. The molecule has 0 aliphatic carbocycles. The van der Waals surface area contributed by atoms with Gasteiger partial charge in [0.15, 0.2) is 11.4 Å². The molecule has 98 valence electrons. The second kappa shape index (κ2) is 4.95. The zero-order valence-corrected chi connectivity index (χ0v) is 12.5. The van der Waals surface area contributed by atoms with Gasteiger partial charge in [-0.05, 0) is 38.3 Å². The summed E-state index contributed by atoms with van der Waals surface area (Å²) in [4.78, 5) is 12.5. The average molecular weight is 291 g/mol. The van der Waals surface area contributed by atoms with Gasteiger partial charge in [0.2, 0.25) is 0 Å². The monoisotopic (exact) mass is 291 g/mol. The van der Waals surface area contributed by atoms with Crippen LogP contribution in [-0.2, 0) is 4.79 Å². The number of carbonyl (C=O) groups is 1. The van der Waals surface area contributed by atoms with E-state index in [2.05, 4.69) is 6.07 Å². The highest BCUT2D eigenvalue weighted by atomic mass is 32.2.